The van der Waals surface area contributed by atoms with Gasteiger partial charge in [-0.1, -0.05) is 19.8 Å². The molecule has 98 valence electrons. The first kappa shape index (κ1) is 14.0. The smallest absolute Gasteiger partial charge is 0.228 e. The Labute approximate surface area is 104 Å². The number of nitrogens with zero attached hydrogens (tertiary/aromatic N) is 1. The zero-order valence-corrected chi connectivity index (χ0v) is 11.2. The molecule has 1 aliphatic heterocycles. The number of carbonyl (C=O) groups is 2. The fourth-order valence-corrected chi connectivity index (χ4v) is 2.17. The van der Waals surface area contributed by atoms with Gasteiger partial charge in [-0.15, -0.1) is 0 Å². The van der Waals surface area contributed by atoms with Crippen LogP contribution in [0.25, 0.3) is 0 Å². The summed E-state index contributed by atoms with van der Waals surface area (Å²) in [6.45, 7) is 7.55. The quantitative estimate of drug-likeness (QED) is 0.716. The molecule has 0 aromatic carbocycles. The van der Waals surface area contributed by atoms with Crippen LogP contribution < -0.4 is 5.32 Å². The molecule has 0 saturated carbocycles. The Bertz CT molecular complexity index is 277. The number of hydrogen-bond donors (Lipinski definition) is 1. The van der Waals surface area contributed by atoms with Gasteiger partial charge in [0.1, 0.15) is 0 Å². The van der Waals surface area contributed by atoms with Crippen LogP contribution in [0.1, 0.15) is 46.5 Å². The van der Waals surface area contributed by atoms with Crippen LogP contribution in [0, 0.1) is 5.92 Å². The van der Waals surface area contributed by atoms with Gasteiger partial charge in [0, 0.05) is 25.6 Å². The lowest BCUT2D eigenvalue weighted by Gasteiger charge is -2.29. The van der Waals surface area contributed by atoms with Crippen molar-refractivity contribution in [3.63, 3.8) is 0 Å². The van der Waals surface area contributed by atoms with Crippen molar-refractivity contribution in [1.29, 1.82) is 0 Å². The standard InChI is InChI=1S/C13H24N2O2/c1-4-5-6-7-15(10(2)3)13(17)11-8-12(16)14-9-11/h10-11H,4-9H2,1-3H3,(H,14,16). The zero-order valence-electron chi connectivity index (χ0n) is 11.2. The van der Waals surface area contributed by atoms with Crippen molar-refractivity contribution in [2.24, 2.45) is 5.92 Å². The molecule has 1 aliphatic rings. The molecule has 0 radical (unpaired) electrons. The maximum absolute atomic E-state index is 12.3. The first-order chi connectivity index (χ1) is 8.06. The summed E-state index contributed by atoms with van der Waals surface area (Å²) in [5.41, 5.74) is 0. The van der Waals surface area contributed by atoms with Crippen molar-refractivity contribution >= 4 is 11.8 Å². The van der Waals surface area contributed by atoms with E-state index in [1.807, 2.05) is 18.7 Å². The van der Waals surface area contributed by atoms with E-state index in [1.54, 1.807) is 0 Å². The van der Waals surface area contributed by atoms with E-state index in [9.17, 15) is 9.59 Å². The summed E-state index contributed by atoms with van der Waals surface area (Å²) in [5.74, 6) is -0.0124. The Kier molecular flexibility index (Phi) is 5.45. The van der Waals surface area contributed by atoms with E-state index in [0.29, 0.717) is 13.0 Å². The lowest BCUT2D eigenvalue weighted by Crippen LogP contribution is -2.42. The van der Waals surface area contributed by atoms with Crippen molar-refractivity contribution < 1.29 is 9.59 Å². The summed E-state index contributed by atoms with van der Waals surface area (Å²) in [4.78, 5) is 25.3. The predicted molar refractivity (Wildman–Crippen MR) is 67.5 cm³/mol. The highest BCUT2D eigenvalue weighted by molar-refractivity contribution is 5.89. The molecule has 4 nitrogen and oxygen atoms in total. The van der Waals surface area contributed by atoms with E-state index in [4.69, 9.17) is 0 Å². The second-order valence-corrected chi connectivity index (χ2v) is 5.04. The number of amides is 2. The summed E-state index contributed by atoms with van der Waals surface area (Å²) < 4.78 is 0. The van der Waals surface area contributed by atoms with Crippen LogP contribution in [0.4, 0.5) is 0 Å². The van der Waals surface area contributed by atoms with E-state index in [0.717, 1.165) is 25.8 Å². The van der Waals surface area contributed by atoms with Gasteiger partial charge in [-0.3, -0.25) is 9.59 Å². The van der Waals surface area contributed by atoms with Gasteiger partial charge in [0.2, 0.25) is 11.8 Å². The van der Waals surface area contributed by atoms with Gasteiger partial charge in [0.05, 0.1) is 5.92 Å². The van der Waals surface area contributed by atoms with Crippen molar-refractivity contribution in [2.45, 2.75) is 52.5 Å². The predicted octanol–water partition coefficient (Wildman–Crippen LogP) is 1.55. The molecule has 1 fully saturated rings. The van der Waals surface area contributed by atoms with E-state index in [-0.39, 0.29) is 23.8 Å². The van der Waals surface area contributed by atoms with Crippen LogP contribution in [0.2, 0.25) is 0 Å². The van der Waals surface area contributed by atoms with Crippen molar-refractivity contribution in [3.05, 3.63) is 0 Å². The Morgan fingerprint density at radius 1 is 1.47 bits per heavy atom. The third-order valence-electron chi connectivity index (χ3n) is 3.24. The highest BCUT2D eigenvalue weighted by Crippen LogP contribution is 2.15. The molecule has 4 heteroatoms. The molecule has 1 unspecified atom stereocenters. The van der Waals surface area contributed by atoms with Gasteiger partial charge in [0.25, 0.3) is 0 Å². The molecule has 2 amide bonds. The summed E-state index contributed by atoms with van der Waals surface area (Å²) in [6.07, 6.45) is 3.71. The minimum Gasteiger partial charge on any atom is -0.355 e. The van der Waals surface area contributed by atoms with Crippen LogP contribution in [0.15, 0.2) is 0 Å². The number of carbonyl (C=O) groups excluding carboxylic acids is 2. The van der Waals surface area contributed by atoms with Crippen molar-refractivity contribution in [2.75, 3.05) is 13.1 Å². The monoisotopic (exact) mass is 240 g/mol. The maximum atomic E-state index is 12.3. The Hall–Kier alpha value is -1.06. The van der Waals surface area contributed by atoms with Gasteiger partial charge in [-0.2, -0.15) is 0 Å². The summed E-state index contributed by atoms with van der Waals surface area (Å²) in [7, 11) is 0. The molecule has 0 aromatic rings. The van der Waals surface area contributed by atoms with E-state index >= 15 is 0 Å². The van der Waals surface area contributed by atoms with Gasteiger partial charge in [-0.05, 0) is 20.3 Å². The highest BCUT2D eigenvalue weighted by atomic mass is 16.2. The van der Waals surface area contributed by atoms with Gasteiger partial charge >= 0.3 is 0 Å². The number of hydrogen-bond acceptors (Lipinski definition) is 2. The van der Waals surface area contributed by atoms with E-state index in [1.165, 1.54) is 0 Å². The third kappa shape index (κ3) is 4.02. The molecule has 1 rings (SSSR count). The van der Waals surface area contributed by atoms with Crippen LogP contribution in [-0.2, 0) is 9.59 Å². The molecule has 0 bridgehead atoms. The van der Waals surface area contributed by atoms with Gasteiger partial charge in [-0.25, -0.2) is 0 Å². The van der Waals surface area contributed by atoms with Gasteiger partial charge < -0.3 is 10.2 Å². The summed E-state index contributed by atoms with van der Waals surface area (Å²) in [5, 5.41) is 2.73. The fourth-order valence-electron chi connectivity index (χ4n) is 2.17. The largest absolute Gasteiger partial charge is 0.355 e. The minimum absolute atomic E-state index is 0.000569. The second kappa shape index (κ2) is 6.62. The van der Waals surface area contributed by atoms with Crippen molar-refractivity contribution in [1.82, 2.24) is 10.2 Å². The zero-order chi connectivity index (χ0) is 12.8. The molecule has 0 aliphatic carbocycles. The average molecular weight is 240 g/mol. The molecular formula is C13H24N2O2. The van der Waals surface area contributed by atoms with Crippen LogP contribution in [0.5, 0.6) is 0 Å². The first-order valence-corrected chi connectivity index (χ1v) is 6.63. The SMILES string of the molecule is CCCCCN(C(=O)C1CNC(=O)C1)C(C)C. The van der Waals surface area contributed by atoms with Crippen LogP contribution in [0.3, 0.4) is 0 Å². The number of nitrogens with one attached hydrogen (secondary N) is 1. The molecule has 1 N–H and O–H groups in total. The molecule has 1 atom stereocenters. The number of rotatable bonds is 6. The molecular weight excluding hydrogens is 216 g/mol. The van der Waals surface area contributed by atoms with E-state index in [2.05, 4.69) is 12.2 Å². The maximum Gasteiger partial charge on any atom is 0.228 e. The first-order valence-electron chi connectivity index (χ1n) is 6.63. The Morgan fingerprint density at radius 3 is 2.65 bits per heavy atom. The van der Waals surface area contributed by atoms with Gasteiger partial charge in [0.15, 0.2) is 0 Å². The third-order valence-corrected chi connectivity index (χ3v) is 3.24. The summed E-state index contributed by atoms with van der Waals surface area (Å²) >= 11 is 0. The Morgan fingerprint density at radius 2 is 2.18 bits per heavy atom. The average Bonchev–Trinajstić information content (AvgIpc) is 2.70. The van der Waals surface area contributed by atoms with Crippen molar-refractivity contribution in [3.8, 4) is 0 Å². The lowest BCUT2D eigenvalue weighted by molar-refractivity contribution is -0.137. The fraction of sp³-hybridized carbons (Fsp3) is 0.846. The molecule has 17 heavy (non-hydrogen) atoms. The second-order valence-electron chi connectivity index (χ2n) is 5.04. The lowest BCUT2D eigenvalue weighted by atomic mass is 10.1. The van der Waals surface area contributed by atoms with Crippen LogP contribution >= 0.6 is 0 Å². The number of unbranched alkanes of at least 4 members (excludes halogenated alkanes) is 2. The highest BCUT2D eigenvalue weighted by Gasteiger charge is 2.31. The molecule has 0 aromatic heterocycles. The minimum atomic E-state index is -0.147. The van der Waals surface area contributed by atoms with Crippen LogP contribution in [-0.4, -0.2) is 35.8 Å². The topological polar surface area (TPSA) is 49.4 Å². The molecule has 0 spiro atoms. The Balaban J connectivity index is 2.51. The van der Waals surface area contributed by atoms with E-state index < -0.39 is 0 Å². The molecule has 1 saturated heterocycles. The summed E-state index contributed by atoms with van der Waals surface area (Å²) in [6, 6.07) is 0.218. The molecule has 1 heterocycles. The normalized spacial score (nSPS) is 19.5.